The van der Waals surface area contributed by atoms with Gasteiger partial charge in [-0.3, -0.25) is 0 Å². The standard InChI is InChI=1S/C44H26OS/c1-2-13-27(14-3-1)41-31-16-4-6-18-33(31)42(34-19-7-5-17-32(34)41)37-25-28(26-39-43(37)36-20-8-10-23-38(36)45-39)29-21-12-22-35-30-15-9-11-24-40(30)46-44(29)35/h1-26H. The van der Waals surface area contributed by atoms with Gasteiger partial charge in [0.15, 0.2) is 0 Å². The molecular weight excluding hydrogens is 577 g/mol. The van der Waals surface area contributed by atoms with E-state index >= 15 is 0 Å². The van der Waals surface area contributed by atoms with Crippen molar-refractivity contribution in [3.8, 4) is 33.4 Å². The van der Waals surface area contributed by atoms with Gasteiger partial charge in [-0.1, -0.05) is 133 Å². The molecule has 0 unspecified atom stereocenters. The predicted molar refractivity (Wildman–Crippen MR) is 198 cm³/mol. The maximum atomic E-state index is 6.67. The van der Waals surface area contributed by atoms with E-state index in [0.29, 0.717) is 0 Å². The molecule has 0 spiro atoms. The molecular formula is C44H26OS. The van der Waals surface area contributed by atoms with Crippen molar-refractivity contribution in [2.45, 2.75) is 0 Å². The van der Waals surface area contributed by atoms with Crippen molar-refractivity contribution in [3.63, 3.8) is 0 Å². The van der Waals surface area contributed by atoms with Crippen molar-refractivity contribution >= 4 is 75.0 Å². The van der Waals surface area contributed by atoms with E-state index in [4.69, 9.17) is 4.42 Å². The van der Waals surface area contributed by atoms with Crippen LogP contribution in [0.25, 0.3) is 97.0 Å². The molecule has 0 saturated carbocycles. The lowest BCUT2D eigenvalue weighted by Crippen LogP contribution is -1.92. The summed E-state index contributed by atoms with van der Waals surface area (Å²) in [4.78, 5) is 0. The molecule has 1 nitrogen and oxygen atoms in total. The Morgan fingerprint density at radius 2 is 0.957 bits per heavy atom. The number of thiophene rings is 1. The molecule has 0 N–H and O–H groups in total. The van der Waals surface area contributed by atoms with E-state index in [9.17, 15) is 0 Å². The summed E-state index contributed by atoms with van der Waals surface area (Å²) in [6.07, 6.45) is 0. The maximum Gasteiger partial charge on any atom is 0.136 e. The minimum Gasteiger partial charge on any atom is -0.456 e. The molecule has 0 fully saturated rings. The van der Waals surface area contributed by atoms with Crippen LogP contribution in [0.2, 0.25) is 0 Å². The van der Waals surface area contributed by atoms with Crippen LogP contribution in [-0.2, 0) is 0 Å². The smallest absolute Gasteiger partial charge is 0.136 e. The SMILES string of the molecule is c1ccc(-c2c3ccccc3c(-c3cc(-c4cccc5c4sc4ccccc45)cc4oc5ccccc5c34)c3ccccc23)cc1. The van der Waals surface area contributed by atoms with E-state index in [0.717, 1.165) is 21.9 Å². The summed E-state index contributed by atoms with van der Waals surface area (Å²) in [6, 6.07) is 57.1. The van der Waals surface area contributed by atoms with E-state index in [-0.39, 0.29) is 0 Å². The first kappa shape index (κ1) is 25.6. The summed E-state index contributed by atoms with van der Waals surface area (Å²) in [7, 11) is 0. The first-order valence-corrected chi connectivity index (χ1v) is 16.5. The van der Waals surface area contributed by atoms with Gasteiger partial charge in [-0.2, -0.15) is 0 Å². The summed E-state index contributed by atoms with van der Waals surface area (Å²) in [5.41, 5.74) is 9.16. The van der Waals surface area contributed by atoms with Crippen molar-refractivity contribution in [1.29, 1.82) is 0 Å². The highest BCUT2D eigenvalue weighted by atomic mass is 32.1. The molecule has 0 bridgehead atoms. The van der Waals surface area contributed by atoms with Crippen LogP contribution in [0.15, 0.2) is 162 Å². The second kappa shape index (κ2) is 9.90. The number of benzene rings is 8. The summed E-state index contributed by atoms with van der Waals surface area (Å²) >= 11 is 1.87. The normalized spacial score (nSPS) is 11.9. The molecule has 0 radical (unpaired) electrons. The average Bonchev–Trinajstić information content (AvgIpc) is 3.69. The monoisotopic (exact) mass is 602 g/mol. The van der Waals surface area contributed by atoms with Gasteiger partial charge >= 0.3 is 0 Å². The van der Waals surface area contributed by atoms with E-state index in [1.807, 2.05) is 11.3 Å². The second-order valence-electron chi connectivity index (χ2n) is 12.0. The molecule has 10 rings (SSSR count). The Morgan fingerprint density at radius 1 is 0.370 bits per heavy atom. The fraction of sp³-hybridized carbons (Fsp3) is 0. The largest absolute Gasteiger partial charge is 0.456 e. The Labute approximate surface area is 269 Å². The third-order valence-corrected chi connectivity index (χ3v) is 10.7. The molecule has 0 aliphatic heterocycles. The Kier molecular flexibility index (Phi) is 5.51. The van der Waals surface area contributed by atoms with Gasteiger partial charge in [-0.15, -0.1) is 11.3 Å². The van der Waals surface area contributed by atoms with Gasteiger partial charge in [-0.05, 0) is 79.2 Å². The molecule has 214 valence electrons. The number of hydrogen-bond acceptors (Lipinski definition) is 2. The molecule has 10 aromatic rings. The number of rotatable bonds is 3. The minimum absolute atomic E-state index is 0.908. The lowest BCUT2D eigenvalue weighted by molar-refractivity contribution is 0.669. The second-order valence-corrected chi connectivity index (χ2v) is 13.0. The lowest BCUT2D eigenvalue weighted by atomic mass is 9.84. The molecule has 0 amide bonds. The molecule has 2 aromatic heterocycles. The highest BCUT2D eigenvalue weighted by Gasteiger charge is 2.22. The first-order chi connectivity index (χ1) is 22.8. The van der Waals surface area contributed by atoms with Crippen LogP contribution in [0, 0.1) is 0 Å². The zero-order chi connectivity index (χ0) is 30.2. The summed E-state index contributed by atoms with van der Waals surface area (Å²) in [5, 5.41) is 9.88. The van der Waals surface area contributed by atoms with Crippen LogP contribution in [0.4, 0.5) is 0 Å². The summed E-state index contributed by atoms with van der Waals surface area (Å²) < 4.78 is 9.28. The van der Waals surface area contributed by atoms with Crippen LogP contribution in [0.3, 0.4) is 0 Å². The van der Waals surface area contributed by atoms with Gasteiger partial charge in [-0.25, -0.2) is 0 Å². The van der Waals surface area contributed by atoms with Crippen molar-refractivity contribution in [2.24, 2.45) is 0 Å². The quantitative estimate of drug-likeness (QED) is 0.183. The van der Waals surface area contributed by atoms with Crippen LogP contribution >= 0.6 is 11.3 Å². The highest BCUT2D eigenvalue weighted by Crippen LogP contribution is 2.49. The van der Waals surface area contributed by atoms with Crippen LogP contribution in [0.5, 0.6) is 0 Å². The van der Waals surface area contributed by atoms with Crippen molar-refractivity contribution in [2.75, 3.05) is 0 Å². The van der Waals surface area contributed by atoms with Gasteiger partial charge in [0.05, 0.1) is 0 Å². The van der Waals surface area contributed by atoms with E-state index in [2.05, 4.69) is 158 Å². The fourth-order valence-electron chi connectivity index (χ4n) is 7.52. The number of hydrogen-bond donors (Lipinski definition) is 0. The first-order valence-electron chi connectivity index (χ1n) is 15.7. The van der Waals surface area contributed by atoms with Crippen LogP contribution in [0.1, 0.15) is 0 Å². The van der Waals surface area contributed by atoms with Crippen molar-refractivity contribution < 1.29 is 4.42 Å². The molecule has 0 aliphatic carbocycles. The van der Waals surface area contributed by atoms with Gasteiger partial charge in [0, 0.05) is 30.9 Å². The Hall–Kier alpha value is -5.70. The van der Waals surface area contributed by atoms with E-state index in [1.165, 1.54) is 75.1 Å². The van der Waals surface area contributed by atoms with Gasteiger partial charge in [0.1, 0.15) is 11.2 Å². The molecule has 0 saturated heterocycles. The van der Waals surface area contributed by atoms with Crippen molar-refractivity contribution in [3.05, 3.63) is 158 Å². The predicted octanol–water partition coefficient (Wildman–Crippen LogP) is 13.3. The number of para-hydroxylation sites is 1. The maximum absolute atomic E-state index is 6.67. The van der Waals surface area contributed by atoms with Gasteiger partial charge < -0.3 is 4.42 Å². The number of furan rings is 1. The van der Waals surface area contributed by atoms with Gasteiger partial charge in [0.25, 0.3) is 0 Å². The van der Waals surface area contributed by atoms with E-state index < -0.39 is 0 Å². The fourth-order valence-corrected chi connectivity index (χ4v) is 8.75. The number of fused-ring (bicyclic) bond motifs is 8. The molecule has 2 heterocycles. The molecule has 2 heteroatoms. The molecule has 0 aliphatic rings. The minimum atomic E-state index is 0.908. The zero-order valence-corrected chi connectivity index (χ0v) is 25.6. The lowest BCUT2D eigenvalue weighted by Gasteiger charge is -2.19. The summed E-state index contributed by atoms with van der Waals surface area (Å²) in [6.45, 7) is 0. The molecule has 0 atom stereocenters. The van der Waals surface area contributed by atoms with Crippen LogP contribution in [-0.4, -0.2) is 0 Å². The Morgan fingerprint density at radius 3 is 1.70 bits per heavy atom. The molecule has 8 aromatic carbocycles. The van der Waals surface area contributed by atoms with Crippen molar-refractivity contribution in [1.82, 2.24) is 0 Å². The molecule has 46 heavy (non-hydrogen) atoms. The topological polar surface area (TPSA) is 13.1 Å². The van der Waals surface area contributed by atoms with E-state index in [1.54, 1.807) is 0 Å². The Bertz CT molecular complexity index is 2740. The average molecular weight is 603 g/mol. The third kappa shape index (κ3) is 3.68. The Balaban J connectivity index is 1.38. The van der Waals surface area contributed by atoms with Gasteiger partial charge in [0.2, 0.25) is 0 Å². The van der Waals surface area contributed by atoms with Crippen LogP contribution < -0.4 is 0 Å². The zero-order valence-electron chi connectivity index (χ0n) is 24.8. The highest BCUT2D eigenvalue weighted by molar-refractivity contribution is 7.26. The summed E-state index contributed by atoms with van der Waals surface area (Å²) in [5.74, 6) is 0. The third-order valence-electron chi connectivity index (χ3n) is 9.46.